The minimum absolute atomic E-state index is 0.0348. The van der Waals surface area contributed by atoms with Crippen LogP contribution in [0.25, 0.3) is 5.57 Å². The number of carbonyl (C=O) groups is 1. The predicted molar refractivity (Wildman–Crippen MR) is 123 cm³/mol. The first-order chi connectivity index (χ1) is 14.5. The number of hydrogen-bond donors (Lipinski definition) is 1. The van der Waals surface area contributed by atoms with Gasteiger partial charge in [-0.25, -0.2) is 0 Å². The summed E-state index contributed by atoms with van der Waals surface area (Å²) in [6, 6.07) is 9.78. The fraction of sp³-hybridized carbons (Fsp3) is 0.400. The van der Waals surface area contributed by atoms with E-state index in [2.05, 4.69) is 12.7 Å². The molecule has 0 saturated heterocycles. The molecule has 1 aliphatic carbocycles. The Balaban J connectivity index is 1.43. The van der Waals surface area contributed by atoms with E-state index in [9.17, 15) is 9.90 Å². The number of rotatable bonds is 11. The van der Waals surface area contributed by atoms with Crippen molar-refractivity contribution in [1.29, 1.82) is 0 Å². The highest BCUT2D eigenvalue weighted by atomic mass is 32.2. The average molecular weight is 427 g/mol. The molecule has 0 aromatic heterocycles. The molecule has 30 heavy (non-hydrogen) atoms. The Morgan fingerprint density at radius 3 is 2.80 bits per heavy atom. The van der Waals surface area contributed by atoms with Crippen molar-refractivity contribution in [3.8, 4) is 0 Å². The summed E-state index contributed by atoms with van der Waals surface area (Å²) in [6.07, 6.45) is 10.0. The van der Waals surface area contributed by atoms with Crippen LogP contribution in [-0.4, -0.2) is 41.4 Å². The SMILES string of the molecule is C=C(C)COCCCCC(O)COC1=CC2SC(=O)C(c3ccccc3)=CC2C=C1. The Bertz CT molecular complexity index is 825. The third-order valence-corrected chi connectivity index (χ3v) is 6.12. The van der Waals surface area contributed by atoms with Crippen LogP contribution in [0.3, 0.4) is 0 Å². The molecule has 1 heterocycles. The van der Waals surface area contributed by atoms with Gasteiger partial charge in [-0.15, -0.1) is 0 Å². The molecule has 160 valence electrons. The number of ether oxygens (including phenoxy) is 2. The van der Waals surface area contributed by atoms with Crippen LogP contribution >= 0.6 is 11.8 Å². The number of carbonyl (C=O) groups excluding carboxylic acids is 1. The molecule has 1 aliphatic heterocycles. The molecule has 1 N–H and O–H groups in total. The van der Waals surface area contributed by atoms with Crippen molar-refractivity contribution in [2.75, 3.05) is 19.8 Å². The predicted octanol–water partition coefficient (Wildman–Crippen LogP) is 4.92. The Labute approximate surface area is 183 Å². The summed E-state index contributed by atoms with van der Waals surface area (Å²) in [5.41, 5.74) is 2.75. The standard InChI is InChI=1S/C25H30O4S/c1-18(2)16-28-13-7-6-10-21(26)17-29-22-12-11-20-14-23(19-8-4-3-5-9-19)25(27)30-24(20)15-22/h3-5,8-9,11-12,14-15,20-21,24,26H,1,6-7,10,13,16-17H2,2H3. The minimum Gasteiger partial charge on any atom is -0.491 e. The third-order valence-electron chi connectivity index (χ3n) is 4.96. The molecule has 0 spiro atoms. The molecule has 0 radical (unpaired) electrons. The summed E-state index contributed by atoms with van der Waals surface area (Å²) >= 11 is 1.34. The number of fused-ring (bicyclic) bond motifs is 1. The Kier molecular flexibility index (Phi) is 8.55. The molecule has 2 aliphatic rings. The van der Waals surface area contributed by atoms with Gasteiger partial charge in [-0.05, 0) is 43.9 Å². The molecule has 1 aromatic rings. The van der Waals surface area contributed by atoms with Gasteiger partial charge in [0.2, 0.25) is 5.12 Å². The Hall–Kier alpha value is -2.08. The average Bonchev–Trinajstić information content (AvgIpc) is 2.74. The van der Waals surface area contributed by atoms with E-state index in [1.807, 2.05) is 55.5 Å². The zero-order chi connectivity index (χ0) is 21.3. The molecule has 0 amide bonds. The second-order valence-corrected chi connectivity index (χ2v) is 8.94. The van der Waals surface area contributed by atoms with Crippen LogP contribution in [0.4, 0.5) is 0 Å². The van der Waals surface area contributed by atoms with Gasteiger partial charge in [-0.1, -0.05) is 66.4 Å². The van der Waals surface area contributed by atoms with E-state index >= 15 is 0 Å². The molecule has 3 unspecified atom stereocenters. The summed E-state index contributed by atoms with van der Waals surface area (Å²) in [6.45, 7) is 7.27. The van der Waals surface area contributed by atoms with Gasteiger partial charge in [0, 0.05) is 23.3 Å². The van der Waals surface area contributed by atoms with E-state index in [-0.39, 0.29) is 22.9 Å². The van der Waals surface area contributed by atoms with Crippen molar-refractivity contribution in [2.24, 2.45) is 5.92 Å². The van der Waals surface area contributed by atoms with Crippen LogP contribution < -0.4 is 0 Å². The van der Waals surface area contributed by atoms with Crippen LogP contribution in [0.15, 0.2) is 72.5 Å². The molecule has 5 heteroatoms. The topological polar surface area (TPSA) is 55.8 Å². The quantitative estimate of drug-likeness (QED) is 0.402. The highest BCUT2D eigenvalue weighted by Gasteiger charge is 2.31. The van der Waals surface area contributed by atoms with Gasteiger partial charge in [-0.3, -0.25) is 4.79 Å². The van der Waals surface area contributed by atoms with Gasteiger partial charge in [0.15, 0.2) is 0 Å². The monoisotopic (exact) mass is 426 g/mol. The van der Waals surface area contributed by atoms with Crippen molar-refractivity contribution in [3.63, 3.8) is 0 Å². The van der Waals surface area contributed by atoms with E-state index < -0.39 is 6.10 Å². The maximum Gasteiger partial charge on any atom is 0.220 e. The number of benzene rings is 1. The molecule has 0 bridgehead atoms. The maximum atomic E-state index is 12.6. The van der Waals surface area contributed by atoms with Crippen molar-refractivity contribution in [2.45, 2.75) is 37.5 Å². The van der Waals surface area contributed by atoms with Gasteiger partial charge in [0.25, 0.3) is 0 Å². The fourth-order valence-electron chi connectivity index (χ4n) is 3.39. The van der Waals surface area contributed by atoms with Gasteiger partial charge in [0.05, 0.1) is 12.7 Å². The number of allylic oxidation sites excluding steroid dienone is 3. The lowest BCUT2D eigenvalue weighted by atomic mass is 9.94. The highest BCUT2D eigenvalue weighted by molar-refractivity contribution is 8.15. The first-order valence-electron chi connectivity index (χ1n) is 10.4. The Morgan fingerprint density at radius 2 is 2.03 bits per heavy atom. The van der Waals surface area contributed by atoms with Crippen molar-refractivity contribution in [1.82, 2.24) is 0 Å². The van der Waals surface area contributed by atoms with E-state index in [0.29, 0.717) is 19.6 Å². The Morgan fingerprint density at radius 1 is 1.23 bits per heavy atom. The summed E-state index contributed by atoms with van der Waals surface area (Å²) in [5.74, 6) is 0.885. The lowest BCUT2D eigenvalue weighted by Crippen LogP contribution is -2.23. The molecule has 3 atom stereocenters. The fourth-order valence-corrected chi connectivity index (χ4v) is 4.48. The summed E-state index contributed by atoms with van der Waals surface area (Å²) in [5, 5.41) is 10.3. The van der Waals surface area contributed by atoms with Gasteiger partial charge >= 0.3 is 0 Å². The number of hydrogen-bond acceptors (Lipinski definition) is 5. The minimum atomic E-state index is -0.511. The lowest BCUT2D eigenvalue weighted by molar-refractivity contribution is -0.106. The number of unbranched alkanes of at least 4 members (excludes halogenated alkanes) is 1. The lowest BCUT2D eigenvalue weighted by Gasteiger charge is -2.28. The zero-order valence-electron chi connectivity index (χ0n) is 17.5. The second-order valence-electron chi connectivity index (χ2n) is 7.79. The van der Waals surface area contributed by atoms with E-state index in [1.165, 1.54) is 11.8 Å². The van der Waals surface area contributed by atoms with E-state index in [4.69, 9.17) is 9.47 Å². The van der Waals surface area contributed by atoms with Crippen LogP contribution in [-0.2, 0) is 14.3 Å². The van der Waals surface area contributed by atoms with E-state index in [1.54, 1.807) is 0 Å². The molecule has 0 saturated carbocycles. The maximum absolute atomic E-state index is 12.6. The third kappa shape index (κ3) is 6.73. The number of thioether (sulfide) groups is 1. The zero-order valence-corrected chi connectivity index (χ0v) is 18.3. The molecular weight excluding hydrogens is 396 g/mol. The van der Waals surface area contributed by atoms with Crippen LogP contribution in [0, 0.1) is 5.92 Å². The smallest absolute Gasteiger partial charge is 0.220 e. The summed E-state index contributed by atoms with van der Waals surface area (Å²) < 4.78 is 11.2. The van der Waals surface area contributed by atoms with Crippen LogP contribution in [0.2, 0.25) is 0 Å². The normalized spacial score (nSPS) is 21.5. The van der Waals surface area contributed by atoms with E-state index in [0.717, 1.165) is 35.3 Å². The summed E-state index contributed by atoms with van der Waals surface area (Å²) in [4.78, 5) is 12.6. The van der Waals surface area contributed by atoms with Gasteiger partial charge in [-0.2, -0.15) is 0 Å². The molecular formula is C25H30O4S. The number of aliphatic hydroxyl groups is 1. The van der Waals surface area contributed by atoms with Crippen molar-refractivity contribution >= 4 is 22.5 Å². The van der Waals surface area contributed by atoms with Gasteiger partial charge in [0.1, 0.15) is 12.4 Å². The summed E-state index contributed by atoms with van der Waals surface area (Å²) in [7, 11) is 0. The first kappa shape index (κ1) is 22.6. The number of aliphatic hydroxyl groups excluding tert-OH is 1. The van der Waals surface area contributed by atoms with Crippen molar-refractivity contribution in [3.05, 3.63) is 78.1 Å². The molecule has 4 nitrogen and oxygen atoms in total. The van der Waals surface area contributed by atoms with Crippen LogP contribution in [0.5, 0.6) is 0 Å². The van der Waals surface area contributed by atoms with Crippen LogP contribution in [0.1, 0.15) is 31.7 Å². The first-order valence-corrected chi connectivity index (χ1v) is 11.3. The molecule has 1 aromatic carbocycles. The highest BCUT2D eigenvalue weighted by Crippen LogP contribution is 2.39. The molecule has 0 fully saturated rings. The van der Waals surface area contributed by atoms with Crippen molar-refractivity contribution < 1.29 is 19.4 Å². The largest absolute Gasteiger partial charge is 0.491 e. The van der Waals surface area contributed by atoms with Gasteiger partial charge < -0.3 is 14.6 Å². The molecule has 3 rings (SSSR count). The second kappa shape index (κ2) is 11.3.